The largest absolute Gasteiger partial charge is 0.493 e. The van der Waals surface area contributed by atoms with Gasteiger partial charge in [0.2, 0.25) is 0 Å². The molecule has 1 saturated heterocycles. The summed E-state index contributed by atoms with van der Waals surface area (Å²) in [7, 11) is 0. The van der Waals surface area contributed by atoms with Crippen LogP contribution in [0.3, 0.4) is 0 Å². The maximum absolute atomic E-state index is 6.06. The molecule has 1 atom stereocenters. The van der Waals surface area contributed by atoms with Gasteiger partial charge in [-0.3, -0.25) is 0 Å². The fourth-order valence-corrected chi connectivity index (χ4v) is 2.66. The fraction of sp³-hybridized carbons (Fsp3) is 0.611. The van der Waals surface area contributed by atoms with Crippen LogP contribution < -0.4 is 10.5 Å². The third kappa shape index (κ3) is 6.12. The summed E-state index contributed by atoms with van der Waals surface area (Å²) in [4.78, 5) is 6.57. The van der Waals surface area contributed by atoms with Gasteiger partial charge in [0.25, 0.3) is 0 Å². The monoisotopic (exact) mass is 447 g/mol. The minimum atomic E-state index is 0. The average molecular weight is 447 g/mol. The first-order chi connectivity index (χ1) is 11.1. The summed E-state index contributed by atoms with van der Waals surface area (Å²) in [5.74, 6) is 1.99. The normalized spacial score (nSPS) is 17.5. The van der Waals surface area contributed by atoms with Gasteiger partial charge in [-0.05, 0) is 38.8 Å². The lowest BCUT2D eigenvalue weighted by Crippen LogP contribution is -2.37. The van der Waals surface area contributed by atoms with E-state index in [2.05, 4.69) is 44.0 Å². The number of aryl methyl sites for hydroxylation is 1. The first-order valence-electron chi connectivity index (χ1n) is 8.49. The van der Waals surface area contributed by atoms with Gasteiger partial charge in [0, 0.05) is 31.2 Å². The molecule has 0 aliphatic carbocycles. The van der Waals surface area contributed by atoms with Gasteiger partial charge in [-0.2, -0.15) is 0 Å². The SMILES string of the molecule is CCN(CC)C(N)=NCc1ccc(C)cc1OCC1CCOC1.I. The van der Waals surface area contributed by atoms with Crippen molar-refractivity contribution in [3.05, 3.63) is 29.3 Å². The van der Waals surface area contributed by atoms with Crippen molar-refractivity contribution in [2.24, 2.45) is 16.6 Å². The molecule has 0 spiro atoms. The second kappa shape index (κ2) is 10.8. The number of ether oxygens (including phenoxy) is 2. The molecule has 6 heteroatoms. The highest BCUT2D eigenvalue weighted by atomic mass is 127. The van der Waals surface area contributed by atoms with Crippen LogP contribution in [0.5, 0.6) is 5.75 Å². The highest BCUT2D eigenvalue weighted by Gasteiger charge is 2.17. The molecule has 1 unspecified atom stereocenters. The molecule has 1 heterocycles. The second-order valence-corrected chi connectivity index (χ2v) is 6.00. The molecule has 1 aliphatic heterocycles. The number of guanidine groups is 1. The molecule has 0 amide bonds. The van der Waals surface area contributed by atoms with E-state index in [-0.39, 0.29) is 24.0 Å². The van der Waals surface area contributed by atoms with Gasteiger partial charge >= 0.3 is 0 Å². The van der Waals surface area contributed by atoms with Crippen molar-refractivity contribution in [3.63, 3.8) is 0 Å². The summed E-state index contributed by atoms with van der Waals surface area (Å²) in [6.07, 6.45) is 1.08. The van der Waals surface area contributed by atoms with E-state index < -0.39 is 0 Å². The summed E-state index contributed by atoms with van der Waals surface area (Å²) < 4.78 is 11.4. The quantitative estimate of drug-likeness (QED) is 0.396. The van der Waals surface area contributed by atoms with Crippen molar-refractivity contribution in [2.75, 3.05) is 32.9 Å². The summed E-state index contributed by atoms with van der Waals surface area (Å²) in [5.41, 5.74) is 8.32. The average Bonchev–Trinajstić information content (AvgIpc) is 3.06. The summed E-state index contributed by atoms with van der Waals surface area (Å²) >= 11 is 0. The van der Waals surface area contributed by atoms with Crippen LogP contribution in [-0.2, 0) is 11.3 Å². The Morgan fingerprint density at radius 1 is 1.38 bits per heavy atom. The summed E-state index contributed by atoms with van der Waals surface area (Å²) in [6.45, 7) is 10.8. The van der Waals surface area contributed by atoms with Crippen molar-refractivity contribution < 1.29 is 9.47 Å². The third-order valence-electron chi connectivity index (χ3n) is 4.22. The zero-order valence-corrected chi connectivity index (χ0v) is 17.3. The number of benzene rings is 1. The van der Waals surface area contributed by atoms with Crippen LogP contribution in [0, 0.1) is 12.8 Å². The minimum absolute atomic E-state index is 0. The number of aliphatic imine (C=N–C) groups is 1. The lowest BCUT2D eigenvalue weighted by atomic mass is 10.1. The van der Waals surface area contributed by atoms with Gasteiger partial charge in [-0.25, -0.2) is 4.99 Å². The molecule has 136 valence electrons. The van der Waals surface area contributed by atoms with Crippen LogP contribution in [0.25, 0.3) is 0 Å². The number of rotatable bonds is 7. The Labute approximate surface area is 162 Å². The number of nitrogens with zero attached hydrogens (tertiary/aromatic N) is 2. The van der Waals surface area contributed by atoms with Crippen molar-refractivity contribution in [2.45, 2.75) is 33.7 Å². The Morgan fingerprint density at radius 2 is 2.12 bits per heavy atom. The van der Waals surface area contributed by atoms with E-state index in [9.17, 15) is 0 Å². The molecule has 1 aromatic rings. The van der Waals surface area contributed by atoms with Gasteiger partial charge in [-0.1, -0.05) is 12.1 Å². The smallest absolute Gasteiger partial charge is 0.191 e. The van der Waals surface area contributed by atoms with Crippen LogP contribution in [0.2, 0.25) is 0 Å². The lowest BCUT2D eigenvalue weighted by Gasteiger charge is -2.19. The van der Waals surface area contributed by atoms with Crippen molar-refractivity contribution in [1.82, 2.24) is 4.90 Å². The number of nitrogens with two attached hydrogens (primary N) is 1. The van der Waals surface area contributed by atoms with E-state index in [1.807, 2.05) is 4.90 Å². The van der Waals surface area contributed by atoms with Gasteiger partial charge in [0.15, 0.2) is 5.96 Å². The second-order valence-electron chi connectivity index (χ2n) is 6.00. The van der Waals surface area contributed by atoms with E-state index in [0.717, 1.165) is 44.0 Å². The third-order valence-corrected chi connectivity index (χ3v) is 4.22. The molecular weight excluding hydrogens is 417 g/mol. The number of halogens is 1. The Kier molecular flexibility index (Phi) is 9.43. The molecular formula is C18H30IN3O2. The molecule has 2 N–H and O–H groups in total. The molecule has 0 bridgehead atoms. The maximum Gasteiger partial charge on any atom is 0.191 e. The summed E-state index contributed by atoms with van der Waals surface area (Å²) in [5, 5.41) is 0. The zero-order chi connectivity index (χ0) is 16.7. The minimum Gasteiger partial charge on any atom is -0.493 e. The van der Waals surface area contributed by atoms with Gasteiger partial charge in [0.1, 0.15) is 5.75 Å². The molecule has 0 aromatic heterocycles. The van der Waals surface area contributed by atoms with E-state index in [1.54, 1.807) is 0 Å². The van der Waals surface area contributed by atoms with Crippen LogP contribution in [-0.4, -0.2) is 43.8 Å². The highest BCUT2D eigenvalue weighted by Crippen LogP contribution is 2.23. The van der Waals surface area contributed by atoms with Crippen LogP contribution in [0.4, 0.5) is 0 Å². The maximum atomic E-state index is 6.06. The summed E-state index contributed by atoms with van der Waals surface area (Å²) in [6, 6.07) is 6.24. The fourth-order valence-electron chi connectivity index (χ4n) is 2.66. The van der Waals surface area contributed by atoms with Crippen LogP contribution in [0.15, 0.2) is 23.2 Å². The molecule has 2 rings (SSSR count). The van der Waals surface area contributed by atoms with E-state index in [0.29, 0.717) is 25.0 Å². The van der Waals surface area contributed by atoms with Crippen LogP contribution in [0.1, 0.15) is 31.4 Å². The van der Waals surface area contributed by atoms with Crippen molar-refractivity contribution in [3.8, 4) is 5.75 Å². The van der Waals surface area contributed by atoms with Crippen molar-refractivity contribution in [1.29, 1.82) is 0 Å². The highest BCUT2D eigenvalue weighted by molar-refractivity contribution is 14.0. The lowest BCUT2D eigenvalue weighted by molar-refractivity contribution is 0.166. The molecule has 1 aromatic carbocycles. The molecule has 1 aliphatic rings. The number of hydrogen-bond donors (Lipinski definition) is 1. The van der Waals surface area contributed by atoms with Crippen LogP contribution >= 0.6 is 24.0 Å². The van der Waals surface area contributed by atoms with E-state index in [4.69, 9.17) is 15.2 Å². The van der Waals surface area contributed by atoms with Gasteiger partial charge in [0.05, 0.1) is 19.8 Å². The molecule has 1 fully saturated rings. The number of hydrogen-bond acceptors (Lipinski definition) is 3. The first-order valence-corrected chi connectivity index (χ1v) is 8.49. The van der Waals surface area contributed by atoms with Crippen molar-refractivity contribution >= 4 is 29.9 Å². The predicted octanol–water partition coefficient (Wildman–Crippen LogP) is 3.18. The standard InChI is InChI=1S/C18H29N3O2.HI/c1-4-21(5-2)18(19)20-11-16-7-6-14(3)10-17(16)23-13-15-8-9-22-12-15;/h6-7,10,15H,4-5,8-9,11-13H2,1-3H3,(H2,19,20);1H. The predicted molar refractivity (Wildman–Crippen MR) is 109 cm³/mol. The Balaban J connectivity index is 0.00000288. The topological polar surface area (TPSA) is 60.1 Å². The molecule has 5 nitrogen and oxygen atoms in total. The molecule has 0 radical (unpaired) electrons. The van der Waals surface area contributed by atoms with Gasteiger partial charge < -0.3 is 20.1 Å². The molecule has 0 saturated carbocycles. The Hall–Kier alpha value is -1.02. The Bertz CT molecular complexity index is 527. The first kappa shape index (κ1) is 21.0. The Morgan fingerprint density at radius 3 is 2.75 bits per heavy atom. The van der Waals surface area contributed by atoms with E-state index in [1.165, 1.54) is 5.56 Å². The van der Waals surface area contributed by atoms with E-state index >= 15 is 0 Å². The zero-order valence-electron chi connectivity index (χ0n) is 15.0. The molecule has 24 heavy (non-hydrogen) atoms. The van der Waals surface area contributed by atoms with Gasteiger partial charge in [-0.15, -0.1) is 24.0 Å².